The smallest absolute Gasteiger partial charge is 0.264 e. The molecule has 1 N–H and O–H groups in total. The van der Waals surface area contributed by atoms with Gasteiger partial charge in [-0.2, -0.15) is 0 Å². The Morgan fingerprint density at radius 2 is 1.95 bits per heavy atom. The number of aryl methyl sites for hydroxylation is 1. The molecule has 10 heteroatoms. The van der Waals surface area contributed by atoms with E-state index in [1.165, 1.54) is 23.5 Å². The average Bonchev–Trinajstić information content (AvgIpc) is 2.64. The lowest BCUT2D eigenvalue weighted by Crippen LogP contribution is -2.14. The first-order valence-electron chi connectivity index (χ1n) is 5.01. The van der Waals surface area contributed by atoms with E-state index < -0.39 is 10.0 Å². The Morgan fingerprint density at radius 1 is 1.30 bits per heavy atom. The van der Waals surface area contributed by atoms with Crippen LogP contribution in [-0.4, -0.2) is 13.4 Å². The lowest BCUT2D eigenvalue weighted by atomic mass is 10.3. The van der Waals surface area contributed by atoms with Crippen molar-refractivity contribution < 1.29 is 8.42 Å². The number of nitrogens with zero attached hydrogens (tertiary/aromatic N) is 1. The van der Waals surface area contributed by atoms with Crippen molar-refractivity contribution in [1.29, 1.82) is 0 Å². The molecule has 0 amide bonds. The quantitative estimate of drug-likeness (QED) is 0.623. The molecule has 0 aliphatic heterocycles. The molecule has 4 nitrogen and oxygen atoms in total. The van der Waals surface area contributed by atoms with E-state index in [1.807, 2.05) is 0 Å². The lowest BCUT2D eigenvalue weighted by Gasteiger charge is -2.11. The highest BCUT2D eigenvalue weighted by molar-refractivity contribution is 9.12. The number of thiophene rings is 1. The van der Waals surface area contributed by atoms with Gasteiger partial charge in [0.05, 0.1) is 13.3 Å². The maximum absolute atomic E-state index is 12.4. The Hall–Kier alpha value is 0.140. The zero-order chi connectivity index (χ0) is 15.1. The normalized spacial score (nSPS) is 11.7. The fourth-order valence-corrected chi connectivity index (χ4v) is 7.00. The molecule has 0 aliphatic rings. The molecule has 0 saturated heterocycles. The van der Waals surface area contributed by atoms with Crippen molar-refractivity contribution in [2.24, 2.45) is 0 Å². The third-order valence-corrected chi connectivity index (χ3v) is 6.86. The summed E-state index contributed by atoms with van der Waals surface area (Å²) in [5.41, 5.74) is 0.800. The molecule has 0 radical (unpaired) electrons. The number of halogens is 4. The summed E-state index contributed by atoms with van der Waals surface area (Å²) < 4.78 is 28.3. The van der Waals surface area contributed by atoms with Gasteiger partial charge in [-0.3, -0.25) is 4.72 Å². The van der Waals surface area contributed by atoms with E-state index in [-0.39, 0.29) is 20.9 Å². The van der Waals surface area contributed by atoms with Crippen LogP contribution in [0.2, 0.25) is 10.3 Å². The first kappa shape index (κ1) is 16.5. The summed E-state index contributed by atoms with van der Waals surface area (Å²) in [5.74, 6) is 0. The van der Waals surface area contributed by atoms with Gasteiger partial charge < -0.3 is 0 Å². The second kappa shape index (κ2) is 6.10. The minimum Gasteiger partial charge on any atom is -0.276 e. The minimum absolute atomic E-state index is 0.00370. The van der Waals surface area contributed by atoms with Gasteiger partial charge in [-0.15, -0.1) is 11.3 Å². The van der Waals surface area contributed by atoms with E-state index in [2.05, 4.69) is 41.6 Å². The van der Waals surface area contributed by atoms with Crippen LogP contribution >= 0.6 is 66.4 Å². The van der Waals surface area contributed by atoms with E-state index in [0.29, 0.717) is 13.1 Å². The first-order valence-corrected chi connectivity index (χ1v) is 9.65. The molecule has 2 rings (SSSR count). The van der Waals surface area contributed by atoms with E-state index in [1.54, 1.807) is 6.92 Å². The maximum atomic E-state index is 12.4. The van der Waals surface area contributed by atoms with Crippen molar-refractivity contribution in [3.05, 3.63) is 35.6 Å². The number of nitrogens with one attached hydrogen (secondary N) is 1. The number of rotatable bonds is 3. The second-order valence-electron chi connectivity index (χ2n) is 3.72. The van der Waals surface area contributed by atoms with Crippen LogP contribution in [0.15, 0.2) is 24.6 Å². The van der Waals surface area contributed by atoms with Gasteiger partial charge in [0.15, 0.2) is 5.15 Å². The summed E-state index contributed by atoms with van der Waals surface area (Å²) in [5, 5.41) is 0.207. The zero-order valence-corrected chi connectivity index (χ0v) is 16.1. The number of anilines is 1. The van der Waals surface area contributed by atoms with Crippen molar-refractivity contribution in [2.45, 2.75) is 11.8 Å². The highest BCUT2D eigenvalue weighted by Crippen LogP contribution is 2.36. The second-order valence-corrected chi connectivity index (χ2v) is 9.87. The van der Waals surface area contributed by atoms with Crippen LogP contribution in [0.3, 0.4) is 0 Å². The molecule has 0 fully saturated rings. The molecule has 0 spiro atoms. The molecule has 2 aromatic heterocycles. The maximum Gasteiger partial charge on any atom is 0.264 e. The summed E-state index contributed by atoms with van der Waals surface area (Å²) in [7, 11) is -3.77. The molecule has 0 atom stereocenters. The molecule has 0 aromatic carbocycles. The van der Waals surface area contributed by atoms with Crippen molar-refractivity contribution in [3.63, 3.8) is 0 Å². The van der Waals surface area contributed by atoms with Crippen LogP contribution < -0.4 is 4.72 Å². The van der Waals surface area contributed by atoms with Crippen molar-refractivity contribution >= 4 is 82.1 Å². The Bertz CT molecular complexity index is 755. The average molecular weight is 481 g/mol. The number of aromatic nitrogens is 1. The van der Waals surface area contributed by atoms with Gasteiger partial charge in [-0.05, 0) is 56.5 Å². The number of sulfonamides is 1. The molecule has 0 saturated carbocycles. The fraction of sp³-hybridized carbons (Fsp3) is 0.100. The van der Waals surface area contributed by atoms with Gasteiger partial charge in [-0.25, -0.2) is 13.4 Å². The summed E-state index contributed by atoms with van der Waals surface area (Å²) in [6.45, 7) is 1.69. The molecular formula is C10H6Br2Cl2N2O2S2. The predicted molar refractivity (Wildman–Crippen MR) is 89.5 cm³/mol. The third-order valence-electron chi connectivity index (χ3n) is 2.29. The third kappa shape index (κ3) is 3.48. The molecular weight excluding hydrogens is 475 g/mol. The molecule has 108 valence electrons. The van der Waals surface area contributed by atoms with E-state index >= 15 is 0 Å². The summed E-state index contributed by atoms with van der Waals surface area (Å²) >= 11 is 19.4. The van der Waals surface area contributed by atoms with Crippen LogP contribution in [0, 0.1) is 6.92 Å². The van der Waals surface area contributed by atoms with Crippen LogP contribution in [0.5, 0.6) is 0 Å². The van der Waals surface area contributed by atoms with E-state index in [0.717, 1.165) is 0 Å². The summed E-state index contributed by atoms with van der Waals surface area (Å²) in [4.78, 5) is 3.95. The zero-order valence-electron chi connectivity index (χ0n) is 9.75. The van der Waals surface area contributed by atoms with Crippen LogP contribution in [0.25, 0.3) is 0 Å². The Labute approximate surface area is 146 Å². The van der Waals surface area contributed by atoms with Gasteiger partial charge >= 0.3 is 0 Å². The molecule has 0 bridgehead atoms. The minimum atomic E-state index is -3.77. The first-order chi connectivity index (χ1) is 9.20. The van der Waals surface area contributed by atoms with Gasteiger partial charge in [0.1, 0.15) is 10.0 Å². The van der Waals surface area contributed by atoms with Gasteiger partial charge in [-0.1, -0.05) is 23.2 Å². The summed E-state index contributed by atoms with van der Waals surface area (Å²) in [6.07, 6.45) is 0. The highest BCUT2D eigenvalue weighted by Gasteiger charge is 2.23. The van der Waals surface area contributed by atoms with Gasteiger partial charge in [0, 0.05) is 0 Å². The number of hydrogen-bond acceptors (Lipinski definition) is 4. The number of hydrogen-bond donors (Lipinski definition) is 1. The standard InChI is InChI=1S/C10H6Br2Cl2N2O2S2/c1-4-2-7(13)15-10(14)8(4)16-20(17,18)5-3-6(11)19-9(5)12/h2-3,16H,1H3. The van der Waals surface area contributed by atoms with E-state index in [9.17, 15) is 8.42 Å². The van der Waals surface area contributed by atoms with Crippen molar-refractivity contribution in [1.82, 2.24) is 4.98 Å². The van der Waals surface area contributed by atoms with Crippen LogP contribution in [-0.2, 0) is 10.0 Å². The summed E-state index contributed by atoms with van der Waals surface area (Å²) in [6, 6.07) is 3.04. The Balaban J connectivity index is 2.46. The molecule has 0 unspecified atom stereocenters. The number of pyridine rings is 1. The Kier molecular flexibility index (Phi) is 5.03. The lowest BCUT2D eigenvalue weighted by molar-refractivity contribution is 0.601. The SMILES string of the molecule is Cc1cc(Cl)nc(Cl)c1NS(=O)(=O)c1cc(Br)sc1Br. The topological polar surface area (TPSA) is 59.1 Å². The van der Waals surface area contributed by atoms with Crippen LogP contribution in [0.4, 0.5) is 5.69 Å². The Morgan fingerprint density at radius 3 is 2.45 bits per heavy atom. The van der Waals surface area contributed by atoms with Gasteiger partial charge in [0.25, 0.3) is 10.0 Å². The fourth-order valence-electron chi connectivity index (χ4n) is 1.42. The van der Waals surface area contributed by atoms with Crippen LogP contribution in [0.1, 0.15) is 5.56 Å². The van der Waals surface area contributed by atoms with Gasteiger partial charge in [0.2, 0.25) is 0 Å². The predicted octanol–water partition coefficient (Wildman–Crippen LogP) is 5.08. The van der Waals surface area contributed by atoms with E-state index in [4.69, 9.17) is 23.2 Å². The largest absolute Gasteiger partial charge is 0.276 e. The highest BCUT2D eigenvalue weighted by atomic mass is 79.9. The molecule has 0 aliphatic carbocycles. The molecule has 20 heavy (non-hydrogen) atoms. The van der Waals surface area contributed by atoms with Crippen molar-refractivity contribution in [2.75, 3.05) is 4.72 Å². The molecule has 2 heterocycles. The molecule has 2 aromatic rings. The van der Waals surface area contributed by atoms with Crippen molar-refractivity contribution in [3.8, 4) is 0 Å². The monoisotopic (exact) mass is 478 g/mol.